The Balaban J connectivity index is 1.89. The number of nitrogens with one attached hydrogen (secondary N) is 1. The maximum atomic E-state index is 9.93. The number of hydrogen-bond acceptors (Lipinski definition) is 4. The van der Waals surface area contributed by atoms with Gasteiger partial charge in [0.15, 0.2) is 0 Å². The van der Waals surface area contributed by atoms with Gasteiger partial charge in [-0.15, -0.1) is 0 Å². The van der Waals surface area contributed by atoms with E-state index in [1.165, 1.54) is 19.3 Å². The number of aliphatic hydroxyl groups excluding tert-OH is 1. The number of rotatable bonds is 6. The third-order valence-corrected chi connectivity index (χ3v) is 5.09. The van der Waals surface area contributed by atoms with Crippen molar-refractivity contribution in [1.29, 1.82) is 0 Å². The molecule has 0 radical (unpaired) electrons. The van der Waals surface area contributed by atoms with Crippen LogP contribution in [0.1, 0.15) is 46.5 Å². The molecular formula is C16H32N2O2. The summed E-state index contributed by atoms with van der Waals surface area (Å²) >= 11 is 0. The van der Waals surface area contributed by atoms with E-state index in [1.807, 2.05) is 0 Å². The average Bonchev–Trinajstić information content (AvgIpc) is 2.80. The van der Waals surface area contributed by atoms with Crippen molar-refractivity contribution < 1.29 is 9.84 Å². The van der Waals surface area contributed by atoms with E-state index in [1.54, 1.807) is 0 Å². The average molecular weight is 284 g/mol. The largest absolute Gasteiger partial charge is 0.394 e. The molecular weight excluding hydrogens is 252 g/mol. The molecule has 1 aliphatic heterocycles. The topological polar surface area (TPSA) is 44.7 Å². The molecule has 0 aromatic carbocycles. The third kappa shape index (κ3) is 3.73. The summed E-state index contributed by atoms with van der Waals surface area (Å²) in [6.45, 7) is 10.8. The SMILES string of the molecule is CC(C)NC1(CO)CCCC1CCN1CCOCC1C. The zero-order chi connectivity index (χ0) is 14.6. The van der Waals surface area contributed by atoms with Gasteiger partial charge in [0.2, 0.25) is 0 Å². The normalized spacial score (nSPS) is 35.9. The summed E-state index contributed by atoms with van der Waals surface area (Å²) in [6, 6.07) is 0.969. The van der Waals surface area contributed by atoms with Crippen LogP contribution in [0.4, 0.5) is 0 Å². The quantitative estimate of drug-likeness (QED) is 0.778. The standard InChI is InChI=1S/C16H32N2O2/c1-13(2)17-16(12-19)7-4-5-15(16)6-8-18-9-10-20-11-14(18)3/h13-15,17,19H,4-12H2,1-3H3. The van der Waals surface area contributed by atoms with Crippen LogP contribution in [0.25, 0.3) is 0 Å². The molecule has 2 rings (SSSR count). The Bertz CT molecular complexity index is 298. The van der Waals surface area contributed by atoms with E-state index in [4.69, 9.17) is 4.74 Å². The van der Waals surface area contributed by atoms with Crippen molar-refractivity contribution in [3.05, 3.63) is 0 Å². The summed E-state index contributed by atoms with van der Waals surface area (Å²) in [6.07, 6.45) is 4.79. The molecule has 1 aliphatic carbocycles. The predicted molar refractivity (Wildman–Crippen MR) is 81.9 cm³/mol. The summed E-state index contributed by atoms with van der Waals surface area (Å²) in [5.74, 6) is 0.602. The fourth-order valence-electron chi connectivity index (χ4n) is 4.00. The number of nitrogens with zero attached hydrogens (tertiary/aromatic N) is 1. The highest BCUT2D eigenvalue weighted by Gasteiger charge is 2.42. The molecule has 1 heterocycles. The van der Waals surface area contributed by atoms with Gasteiger partial charge >= 0.3 is 0 Å². The highest BCUT2D eigenvalue weighted by molar-refractivity contribution is 5.00. The van der Waals surface area contributed by atoms with Gasteiger partial charge in [-0.2, -0.15) is 0 Å². The van der Waals surface area contributed by atoms with Gasteiger partial charge in [0.25, 0.3) is 0 Å². The van der Waals surface area contributed by atoms with Crippen molar-refractivity contribution in [3.8, 4) is 0 Å². The Hall–Kier alpha value is -0.160. The lowest BCUT2D eigenvalue weighted by Gasteiger charge is -2.39. The highest BCUT2D eigenvalue weighted by Crippen LogP contribution is 2.38. The van der Waals surface area contributed by atoms with Gasteiger partial charge in [-0.25, -0.2) is 0 Å². The fraction of sp³-hybridized carbons (Fsp3) is 1.00. The minimum absolute atomic E-state index is 0.0380. The first-order chi connectivity index (χ1) is 9.57. The lowest BCUT2D eigenvalue weighted by atomic mass is 9.84. The summed E-state index contributed by atoms with van der Waals surface area (Å²) in [7, 11) is 0. The molecule has 4 heteroatoms. The molecule has 0 bridgehead atoms. The molecule has 1 saturated heterocycles. The van der Waals surface area contributed by atoms with E-state index >= 15 is 0 Å². The minimum atomic E-state index is -0.0380. The summed E-state index contributed by atoms with van der Waals surface area (Å²) in [5.41, 5.74) is -0.0380. The molecule has 0 aromatic rings. The molecule has 0 aromatic heterocycles. The molecule has 4 nitrogen and oxygen atoms in total. The van der Waals surface area contributed by atoms with Gasteiger partial charge in [-0.1, -0.05) is 20.3 Å². The van der Waals surface area contributed by atoms with Crippen LogP contribution >= 0.6 is 0 Å². The minimum Gasteiger partial charge on any atom is -0.394 e. The van der Waals surface area contributed by atoms with Crippen LogP contribution < -0.4 is 5.32 Å². The van der Waals surface area contributed by atoms with Gasteiger partial charge in [-0.3, -0.25) is 4.90 Å². The van der Waals surface area contributed by atoms with Crippen molar-refractivity contribution >= 4 is 0 Å². The summed E-state index contributed by atoms with van der Waals surface area (Å²) < 4.78 is 5.50. The van der Waals surface area contributed by atoms with Gasteiger partial charge in [-0.05, 0) is 38.6 Å². The molecule has 2 aliphatic rings. The molecule has 0 spiro atoms. The maximum Gasteiger partial charge on any atom is 0.0619 e. The van der Waals surface area contributed by atoms with Crippen LogP contribution in [0.3, 0.4) is 0 Å². The van der Waals surface area contributed by atoms with Crippen LogP contribution in [0.5, 0.6) is 0 Å². The zero-order valence-electron chi connectivity index (χ0n) is 13.4. The first-order valence-electron chi connectivity index (χ1n) is 8.28. The number of morpholine rings is 1. The molecule has 3 atom stereocenters. The summed E-state index contributed by atoms with van der Waals surface area (Å²) in [5, 5.41) is 13.6. The highest BCUT2D eigenvalue weighted by atomic mass is 16.5. The third-order valence-electron chi connectivity index (χ3n) is 5.09. The smallest absolute Gasteiger partial charge is 0.0619 e. The van der Waals surface area contributed by atoms with E-state index in [0.717, 1.165) is 32.7 Å². The van der Waals surface area contributed by atoms with Gasteiger partial charge in [0.1, 0.15) is 0 Å². The van der Waals surface area contributed by atoms with Crippen molar-refractivity contribution in [2.24, 2.45) is 5.92 Å². The van der Waals surface area contributed by atoms with Crippen LogP contribution in [0.15, 0.2) is 0 Å². The molecule has 2 fully saturated rings. The fourth-order valence-corrected chi connectivity index (χ4v) is 4.00. The maximum absolute atomic E-state index is 9.93. The Labute approximate surface area is 123 Å². The van der Waals surface area contributed by atoms with Crippen molar-refractivity contribution in [1.82, 2.24) is 10.2 Å². The van der Waals surface area contributed by atoms with Crippen molar-refractivity contribution in [3.63, 3.8) is 0 Å². The van der Waals surface area contributed by atoms with E-state index in [2.05, 4.69) is 31.0 Å². The Kier molecular flexibility index (Phi) is 5.84. The summed E-state index contributed by atoms with van der Waals surface area (Å²) in [4.78, 5) is 2.54. The van der Waals surface area contributed by atoms with Crippen LogP contribution in [-0.2, 0) is 4.74 Å². The van der Waals surface area contributed by atoms with E-state index in [9.17, 15) is 5.11 Å². The molecule has 118 valence electrons. The zero-order valence-corrected chi connectivity index (χ0v) is 13.4. The molecule has 0 amide bonds. The molecule has 20 heavy (non-hydrogen) atoms. The molecule has 1 saturated carbocycles. The van der Waals surface area contributed by atoms with Crippen LogP contribution in [0.2, 0.25) is 0 Å². The lowest BCUT2D eigenvalue weighted by molar-refractivity contribution is -0.00548. The van der Waals surface area contributed by atoms with E-state index in [-0.39, 0.29) is 12.1 Å². The molecule has 2 N–H and O–H groups in total. The van der Waals surface area contributed by atoms with Crippen molar-refractivity contribution in [2.45, 2.75) is 64.1 Å². The number of hydrogen-bond donors (Lipinski definition) is 2. The van der Waals surface area contributed by atoms with Gasteiger partial charge in [0.05, 0.1) is 19.8 Å². The van der Waals surface area contributed by atoms with E-state index in [0.29, 0.717) is 18.0 Å². The van der Waals surface area contributed by atoms with Crippen LogP contribution in [-0.4, -0.2) is 60.5 Å². The Morgan fingerprint density at radius 2 is 2.25 bits per heavy atom. The first kappa shape index (κ1) is 16.2. The second-order valence-corrected chi connectivity index (χ2v) is 6.95. The molecule has 3 unspecified atom stereocenters. The second kappa shape index (κ2) is 7.21. The predicted octanol–water partition coefficient (Wildman–Crippen LogP) is 1.63. The monoisotopic (exact) mass is 284 g/mol. The van der Waals surface area contributed by atoms with Crippen molar-refractivity contribution in [2.75, 3.05) is 32.9 Å². The van der Waals surface area contributed by atoms with Gasteiger partial charge in [0, 0.05) is 24.2 Å². The Morgan fingerprint density at radius 1 is 1.45 bits per heavy atom. The van der Waals surface area contributed by atoms with Crippen LogP contribution in [0, 0.1) is 5.92 Å². The number of ether oxygens (including phenoxy) is 1. The van der Waals surface area contributed by atoms with Gasteiger partial charge < -0.3 is 15.2 Å². The van der Waals surface area contributed by atoms with E-state index < -0.39 is 0 Å². The second-order valence-electron chi connectivity index (χ2n) is 6.95. The Morgan fingerprint density at radius 3 is 2.90 bits per heavy atom. The lowest BCUT2D eigenvalue weighted by Crippen LogP contribution is -2.55. The first-order valence-corrected chi connectivity index (χ1v) is 8.28. The number of aliphatic hydroxyl groups is 1.